The molecule has 13 heteroatoms. The molecule has 5 rings (SSSR count). The molecule has 35 heavy (non-hydrogen) atoms. The van der Waals surface area contributed by atoms with Gasteiger partial charge in [-0.05, 0) is 36.2 Å². The smallest absolute Gasteiger partial charge is 0.416 e. The number of aromatic nitrogens is 5. The largest absolute Gasteiger partial charge is 0.493 e. The SMILES string of the molecule is O=S(=O)(Nc1ccncn1)c1ccc2c(c1)OCCC2c1ccc(C(F)(F)F)cc1-n1ccnn1. The highest BCUT2D eigenvalue weighted by molar-refractivity contribution is 7.92. The number of halogens is 3. The number of sulfonamides is 1. The van der Waals surface area contributed by atoms with E-state index in [0.717, 1.165) is 12.1 Å². The second-order valence-corrected chi connectivity index (χ2v) is 9.39. The summed E-state index contributed by atoms with van der Waals surface area (Å²) in [5, 5.41) is 7.60. The Morgan fingerprint density at radius 3 is 2.60 bits per heavy atom. The maximum atomic E-state index is 13.4. The van der Waals surface area contributed by atoms with Crippen LogP contribution in [0.4, 0.5) is 19.0 Å². The summed E-state index contributed by atoms with van der Waals surface area (Å²) >= 11 is 0. The van der Waals surface area contributed by atoms with Gasteiger partial charge in [-0.15, -0.1) is 5.10 Å². The number of fused-ring (bicyclic) bond motifs is 1. The van der Waals surface area contributed by atoms with Crippen molar-refractivity contribution >= 4 is 15.8 Å². The minimum absolute atomic E-state index is 0.0422. The highest BCUT2D eigenvalue weighted by Gasteiger charge is 2.33. The van der Waals surface area contributed by atoms with Gasteiger partial charge in [0.15, 0.2) is 0 Å². The first-order chi connectivity index (χ1) is 16.7. The zero-order valence-corrected chi connectivity index (χ0v) is 18.7. The molecule has 0 bridgehead atoms. The minimum atomic E-state index is -4.53. The molecule has 0 aliphatic carbocycles. The van der Waals surface area contributed by atoms with Gasteiger partial charge >= 0.3 is 6.18 Å². The van der Waals surface area contributed by atoms with Gasteiger partial charge in [-0.2, -0.15) is 13.2 Å². The lowest BCUT2D eigenvalue weighted by atomic mass is 9.85. The van der Waals surface area contributed by atoms with Crippen LogP contribution < -0.4 is 9.46 Å². The number of alkyl halides is 3. The van der Waals surface area contributed by atoms with Crippen molar-refractivity contribution < 1.29 is 26.3 Å². The number of nitrogens with zero attached hydrogens (tertiary/aromatic N) is 5. The normalized spacial score (nSPS) is 15.8. The van der Waals surface area contributed by atoms with E-state index in [1.54, 1.807) is 6.07 Å². The molecular weight excluding hydrogens is 485 g/mol. The summed E-state index contributed by atoms with van der Waals surface area (Å²) in [7, 11) is -3.96. The zero-order valence-electron chi connectivity index (χ0n) is 17.8. The Labute approximate surface area is 197 Å². The van der Waals surface area contributed by atoms with E-state index < -0.39 is 21.8 Å². The van der Waals surface area contributed by atoms with Gasteiger partial charge in [-0.3, -0.25) is 4.72 Å². The second kappa shape index (κ2) is 8.65. The Kier molecular flexibility index (Phi) is 5.63. The van der Waals surface area contributed by atoms with Crippen molar-refractivity contribution in [2.45, 2.75) is 23.4 Å². The number of benzene rings is 2. The van der Waals surface area contributed by atoms with Crippen LogP contribution in [0, 0.1) is 0 Å². The summed E-state index contributed by atoms with van der Waals surface area (Å²) in [6, 6.07) is 9.31. The Hall–Kier alpha value is -4.00. The predicted molar refractivity (Wildman–Crippen MR) is 118 cm³/mol. The molecule has 1 aliphatic heterocycles. The summed E-state index contributed by atoms with van der Waals surface area (Å²) in [6.45, 7) is 0.248. The number of hydrogen-bond acceptors (Lipinski definition) is 7. The van der Waals surface area contributed by atoms with Crippen molar-refractivity contribution in [3.05, 3.63) is 84.1 Å². The van der Waals surface area contributed by atoms with E-state index in [9.17, 15) is 21.6 Å². The minimum Gasteiger partial charge on any atom is -0.493 e. The first-order valence-corrected chi connectivity index (χ1v) is 11.8. The maximum Gasteiger partial charge on any atom is 0.416 e. The van der Waals surface area contributed by atoms with Crippen LogP contribution in [-0.4, -0.2) is 40.0 Å². The highest BCUT2D eigenvalue weighted by atomic mass is 32.2. The number of nitrogens with one attached hydrogen (secondary N) is 1. The van der Waals surface area contributed by atoms with Crippen LogP contribution in [0.3, 0.4) is 0 Å². The Balaban J connectivity index is 1.54. The third-order valence-corrected chi connectivity index (χ3v) is 6.91. The average Bonchev–Trinajstić information content (AvgIpc) is 3.38. The van der Waals surface area contributed by atoms with Crippen LogP contribution in [-0.2, 0) is 16.2 Å². The molecule has 0 spiro atoms. The highest BCUT2D eigenvalue weighted by Crippen LogP contribution is 2.42. The number of anilines is 1. The van der Waals surface area contributed by atoms with Gasteiger partial charge in [0.05, 0.1) is 35.1 Å². The maximum absolute atomic E-state index is 13.4. The Morgan fingerprint density at radius 1 is 1.06 bits per heavy atom. The standard InChI is InChI=1S/C22H17F3N6O3S/c23-22(24,25)14-1-3-17(19(11-14)31-9-8-28-30-31)16-6-10-34-20-12-15(2-4-18(16)20)35(32,33)29-21-5-7-26-13-27-21/h1-5,7-9,11-13,16H,6,10H2,(H,26,27,29). The molecule has 2 aromatic carbocycles. The molecule has 1 N–H and O–H groups in total. The fourth-order valence-electron chi connectivity index (χ4n) is 3.96. The summed E-state index contributed by atoms with van der Waals surface area (Å²) in [5.74, 6) is 0.0850. The fraction of sp³-hybridized carbons (Fsp3) is 0.182. The van der Waals surface area contributed by atoms with Crippen molar-refractivity contribution in [3.8, 4) is 11.4 Å². The quantitative estimate of drug-likeness (QED) is 0.442. The van der Waals surface area contributed by atoms with E-state index in [2.05, 4.69) is 25.0 Å². The van der Waals surface area contributed by atoms with Crippen LogP contribution in [0.1, 0.15) is 29.0 Å². The molecule has 0 saturated heterocycles. The van der Waals surface area contributed by atoms with E-state index in [1.165, 1.54) is 53.9 Å². The Morgan fingerprint density at radius 2 is 1.89 bits per heavy atom. The van der Waals surface area contributed by atoms with Gasteiger partial charge in [-0.25, -0.2) is 23.1 Å². The third-order valence-electron chi connectivity index (χ3n) is 5.56. The molecule has 0 fully saturated rings. The van der Waals surface area contributed by atoms with Crippen LogP contribution >= 0.6 is 0 Å². The van der Waals surface area contributed by atoms with Crippen molar-refractivity contribution in [2.75, 3.05) is 11.3 Å². The van der Waals surface area contributed by atoms with Gasteiger partial charge in [0.2, 0.25) is 0 Å². The van der Waals surface area contributed by atoms with E-state index in [-0.39, 0.29) is 28.9 Å². The van der Waals surface area contributed by atoms with Gasteiger partial charge < -0.3 is 4.74 Å². The van der Waals surface area contributed by atoms with Gasteiger partial charge in [0.25, 0.3) is 10.0 Å². The molecule has 1 unspecified atom stereocenters. The van der Waals surface area contributed by atoms with Gasteiger partial charge in [-0.1, -0.05) is 17.3 Å². The molecule has 0 saturated carbocycles. The summed E-state index contributed by atoms with van der Waals surface area (Å²) in [4.78, 5) is 7.57. The topological polar surface area (TPSA) is 112 Å². The first-order valence-electron chi connectivity index (χ1n) is 10.4. The molecule has 1 aliphatic rings. The second-order valence-electron chi connectivity index (χ2n) is 7.71. The number of rotatable bonds is 5. The van der Waals surface area contributed by atoms with Crippen molar-refractivity contribution in [2.24, 2.45) is 0 Å². The molecule has 0 radical (unpaired) electrons. The van der Waals surface area contributed by atoms with Gasteiger partial charge in [0, 0.05) is 23.7 Å². The van der Waals surface area contributed by atoms with Crippen molar-refractivity contribution in [1.29, 1.82) is 0 Å². The fourth-order valence-corrected chi connectivity index (χ4v) is 4.98. The molecule has 4 aromatic rings. The van der Waals surface area contributed by atoms with E-state index in [1.807, 2.05) is 0 Å². The molecule has 0 amide bonds. The first kappa shape index (κ1) is 22.8. The van der Waals surface area contributed by atoms with Gasteiger partial charge in [0.1, 0.15) is 17.9 Å². The summed E-state index contributed by atoms with van der Waals surface area (Å²) in [5.41, 5.74) is 0.662. The third kappa shape index (κ3) is 4.54. The van der Waals surface area contributed by atoms with Crippen LogP contribution in [0.2, 0.25) is 0 Å². The van der Waals surface area contributed by atoms with E-state index >= 15 is 0 Å². The lowest BCUT2D eigenvalue weighted by Gasteiger charge is -2.28. The zero-order chi connectivity index (χ0) is 24.6. The van der Waals surface area contributed by atoms with E-state index in [4.69, 9.17) is 4.74 Å². The molecule has 3 heterocycles. The van der Waals surface area contributed by atoms with Crippen LogP contribution in [0.5, 0.6) is 5.75 Å². The Bertz CT molecular complexity index is 1460. The van der Waals surface area contributed by atoms with Crippen molar-refractivity contribution in [1.82, 2.24) is 25.0 Å². The van der Waals surface area contributed by atoms with E-state index in [0.29, 0.717) is 23.3 Å². The van der Waals surface area contributed by atoms with Crippen LogP contribution in [0.15, 0.2) is 72.3 Å². The molecule has 9 nitrogen and oxygen atoms in total. The monoisotopic (exact) mass is 502 g/mol. The summed E-state index contributed by atoms with van der Waals surface area (Å²) in [6.07, 6.45) is 1.42. The average molecular weight is 502 g/mol. The van der Waals surface area contributed by atoms with Crippen LogP contribution in [0.25, 0.3) is 5.69 Å². The lowest BCUT2D eigenvalue weighted by Crippen LogP contribution is -2.19. The molecule has 2 aromatic heterocycles. The number of ether oxygens (including phenoxy) is 1. The summed E-state index contributed by atoms with van der Waals surface area (Å²) < 4.78 is 75.2. The predicted octanol–water partition coefficient (Wildman–Crippen LogP) is 3.79. The number of hydrogen-bond donors (Lipinski definition) is 1. The van der Waals surface area contributed by atoms with Crippen molar-refractivity contribution in [3.63, 3.8) is 0 Å². The lowest BCUT2D eigenvalue weighted by molar-refractivity contribution is -0.137. The molecule has 180 valence electrons. The molecular formula is C22H17F3N6O3S. The molecule has 1 atom stereocenters.